The van der Waals surface area contributed by atoms with Crippen molar-refractivity contribution in [1.82, 2.24) is 15.5 Å². The molecule has 2 heterocycles. The molecular weight excluding hydrogens is 413 g/mol. The number of nitrogens with one attached hydrogen (secondary N) is 2. The summed E-state index contributed by atoms with van der Waals surface area (Å²) in [5.41, 5.74) is 6.40. The molecule has 7 nitrogen and oxygen atoms in total. The molecule has 1 unspecified atom stereocenters. The molecule has 27 heavy (non-hydrogen) atoms. The summed E-state index contributed by atoms with van der Waals surface area (Å²) >= 11 is 6.05. The van der Waals surface area contributed by atoms with E-state index in [2.05, 4.69) is 15.5 Å². The third-order valence-electron chi connectivity index (χ3n) is 4.74. The monoisotopic (exact) mass is 437 g/mol. The number of rotatable bonds is 4. The minimum Gasteiger partial charge on any atom is -0.368 e. The van der Waals surface area contributed by atoms with Gasteiger partial charge in [-0.2, -0.15) is 0 Å². The van der Waals surface area contributed by atoms with Crippen LogP contribution in [0.2, 0.25) is 5.02 Å². The summed E-state index contributed by atoms with van der Waals surface area (Å²) in [5.74, 6) is -0.0784. The van der Waals surface area contributed by atoms with Crippen LogP contribution in [0.25, 0.3) is 0 Å². The second-order valence-electron chi connectivity index (χ2n) is 6.46. The van der Waals surface area contributed by atoms with Crippen molar-refractivity contribution in [2.75, 3.05) is 44.2 Å². The molecule has 0 saturated carbocycles. The van der Waals surface area contributed by atoms with E-state index in [-0.39, 0.29) is 55.3 Å². The molecule has 4 N–H and O–H groups in total. The lowest BCUT2D eigenvalue weighted by atomic mass is 10.1. The van der Waals surface area contributed by atoms with Gasteiger partial charge in [-0.15, -0.1) is 24.8 Å². The van der Waals surface area contributed by atoms with Crippen molar-refractivity contribution in [2.45, 2.75) is 18.5 Å². The zero-order valence-corrected chi connectivity index (χ0v) is 17.3. The van der Waals surface area contributed by atoms with Crippen LogP contribution in [-0.2, 0) is 9.59 Å². The van der Waals surface area contributed by atoms with Crippen LogP contribution in [0.3, 0.4) is 0 Å². The molecule has 0 aliphatic carbocycles. The van der Waals surface area contributed by atoms with E-state index in [4.69, 9.17) is 17.3 Å². The molecule has 152 valence electrons. The number of nitrogens with two attached hydrogens (primary N) is 1. The number of piperazine rings is 1. The van der Waals surface area contributed by atoms with Crippen molar-refractivity contribution in [3.05, 3.63) is 29.3 Å². The molecule has 2 saturated heterocycles. The molecule has 2 aliphatic rings. The Labute approximate surface area is 176 Å². The summed E-state index contributed by atoms with van der Waals surface area (Å²) < 4.78 is 0. The van der Waals surface area contributed by atoms with Gasteiger partial charge in [0.25, 0.3) is 0 Å². The molecule has 10 heteroatoms. The van der Waals surface area contributed by atoms with Crippen molar-refractivity contribution in [3.63, 3.8) is 0 Å². The average Bonchev–Trinajstić information content (AvgIpc) is 3.09. The first-order valence-corrected chi connectivity index (χ1v) is 8.96. The lowest BCUT2D eigenvalue weighted by molar-refractivity contribution is -0.133. The summed E-state index contributed by atoms with van der Waals surface area (Å²) in [6.07, 6.45) is 0.610. The highest BCUT2D eigenvalue weighted by molar-refractivity contribution is 6.30. The van der Waals surface area contributed by atoms with E-state index in [9.17, 15) is 9.59 Å². The largest absolute Gasteiger partial charge is 0.368 e. The predicted octanol–water partition coefficient (Wildman–Crippen LogP) is 0.638. The summed E-state index contributed by atoms with van der Waals surface area (Å²) in [6.45, 7) is 3.51. The molecule has 3 rings (SSSR count). The molecule has 2 fully saturated rings. The predicted molar refractivity (Wildman–Crippen MR) is 112 cm³/mol. The molecular formula is C17H26Cl3N5O2. The van der Waals surface area contributed by atoms with Gasteiger partial charge in [-0.05, 0) is 24.6 Å². The summed E-state index contributed by atoms with van der Waals surface area (Å²) in [4.78, 5) is 28.2. The molecule has 2 aliphatic heterocycles. The van der Waals surface area contributed by atoms with Crippen LogP contribution in [0.5, 0.6) is 0 Å². The number of carbonyl (C=O) groups excluding carboxylic acids is 2. The third kappa shape index (κ3) is 6.12. The summed E-state index contributed by atoms with van der Waals surface area (Å²) in [6, 6.07) is 7.51. The summed E-state index contributed by atoms with van der Waals surface area (Å²) in [5, 5.41) is 6.76. The van der Waals surface area contributed by atoms with Crippen LogP contribution in [0.1, 0.15) is 6.42 Å². The number of hydrogen-bond acceptors (Lipinski definition) is 5. The van der Waals surface area contributed by atoms with Crippen molar-refractivity contribution in [2.24, 2.45) is 5.73 Å². The van der Waals surface area contributed by atoms with Crippen molar-refractivity contribution in [3.8, 4) is 0 Å². The maximum Gasteiger partial charge on any atom is 0.239 e. The van der Waals surface area contributed by atoms with Crippen LogP contribution < -0.4 is 21.3 Å². The van der Waals surface area contributed by atoms with Crippen molar-refractivity contribution < 1.29 is 9.59 Å². The highest BCUT2D eigenvalue weighted by Gasteiger charge is 2.34. The van der Waals surface area contributed by atoms with Crippen LogP contribution in [0.15, 0.2) is 24.3 Å². The minimum atomic E-state index is -0.235. The molecule has 0 aromatic heterocycles. The normalized spacial score (nSPS) is 21.9. The number of anilines is 1. The van der Waals surface area contributed by atoms with E-state index >= 15 is 0 Å². The van der Waals surface area contributed by atoms with E-state index < -0.39 is 0 Å². The number of benzene rings is 1. The fourth-order valence-electron chi connectivity index (χ4n) is 3.40. The standard InChI is InChI=1S/C17H24ClN5O2.2ClH/c18-12-2-1-3-14(8-12)22-4-6-23(7-5-22)17(25)15-9-13(11-20-15)21-16(24)10-19;;/h1-3,8,13,15,20H,4-7,9-11,19H2,(H,21,24);2*1H/t13?,15-;;/m0../s1. The maximum atomic E-state index is 12.7. The Morgan fingerprint density at radius 2 is 1.93 bits per heavy atom. The zero-order chi connectivity index (χ0) is 17.8. The van der Waals surface area contributed by atoms with Gasteiger partial charge in [-0.25, -0.2) is 0 Å². The van der Waals surface area contributed by atoms with Crippen molar-refractivity contribution in [1.29, 1.82) is 0 Å². The van der Waals surface area contributed by atoms with E-state index in [1.54, 1.807) is 0 Å². The Balaban J connectivity index is 0.00000182. The molecule has 0 spiro atoms. The van der Waals surface area contributed by atoms with Gasteiger partial charge in [-0.1, -0.05) is 17.7 Å². The van der Waals surface area contributed by atoms with Crippen molar-refractivity contribution >= 4 is 53.9 Å². The Hall–Kier alpha value is -1.25. The molecule has 0 radical (unpaired) electrons. The third-order valence-corrected chi connectivity index (χ3v) is 4.98. The number of nitrogens with zero attached hydrogens (tertiary/aromatic N) is 2. The fourth-order valence-corrected chi connectivity index (χ4v) is 3.58. The van der Waals surface area contributed by atoms with Gasteiger partial charge >= 0.3 is 0 Å². The first-order valence-electron chi connectivity index (χ1n) is 8.59. The van der Waals surface area contributed by atoms with Gasteiger partial charge in [0.1, 0.15) is 0 Å². The van der Waals surface area contributed by atoms with Gasteiger partial charge in [-0.3, -0.25) is 9.59 Å². The first kappa shape index (κ1) is 23.8. The second-order valence-corrected chi connectivity index (χ2v) is 6.89. The number of carbonyl (C=O) groups is 2. The van der Waals surface area contributed by atoms with E-state index in [0.29, 0.717) is 26.1 Å². The number of amides is 2. The second kappa shape index (κ2) is 10.9. The van der Waals surface area contributed by atoms with Gasteiger partial charge in [0, 0.05) is 49.5 Å². The van der Waals surface area contributed by atoms with Gasteiger partial charge in [0.15, 0.2) is 0 Å². The Kier molecular flexibility index (Phi) is 9.62. The molecule has 0 bridgehead atoms. The fraction of sp³-hybridized carbons (Fsp3) is 0.529. The van der Waals surface area contributed by atoms with Gasteiger partial charge in [0.05, 0.1) is 12.6 Å². The SMILES string of the molecule is Cl.Cl.NCC(=O)NC1CN[C@H](C(=O)N2CCN(c3cccc(Cl)c3)CC2)C1. The van der Waals surface area contributed by atoms with Gasteiger partial charge in [0.2, 0.25) is 11.8 Å². The van der Waals surface area contributed by atoms with E-state index in [1.807, 2.05) is 29.2 Å². The zero-order valence-electron chi connectivity index (χ0n) is 14.9. The quantitative estimate of drug-likeness (QED) is 0.642. The number of hydrogen-bond donors (Lipinski definition) is 3. The van der Waals surface area contributed by atoms with Crippen LogP contribution in [0, 0.1) is 0 Å². The Bertz CT molecular complexity index is 641. The van der Waals surface area contributed by atoms with E-state index in [1.165, 1.54) is 0 Å². The molecule has 1 aromatic rings. The van der Waals surface area contributed by atoms with Crippen LogP contribution in [0.4, 0.5) is 5.69 Å². The minimum absolute atomic E-state index is 0. The molecule has 2 amide bonds. The highest BCUT2D eigenvalue weighted by Crippen LogP contribution is 2.21. The smallest absolute Gasteiger partial charge is 0.239 e. The molecule has 2 atom stereocenters. The maximum absolute atomic E-state index is 12.7. The first-order chi connectivity index (χ1) is 12.1. The van der Waals surface area contributed by atoms with Crippen LogP contribution >= 0.6 is 36.4 Å². The lowest BCUT2D eigenvalue weighted by Crippen LogP contribution is -2.53. The topological polar surface area (TPSA) is 90.7 Å². The Morgan fingerprint density at radius 1 is 1.22 bits per heavy atom. The molecule has 1 aromatic carbocycles. The van der Waals surface area contributed by atoms with Crippen LogP contribution in [-0.4, -0.2) is 68.1 Å². The Morgan fingerprint density at radius 3 is 2.56 bits per heavy atom. The lowest BCUT2D eigenvalue weighted by Gasteiger charge is -2.37. The highest BCUT2D eigenvalue weighted by atomic mass is 35.5. The van der Waals surface area contributed by atoms with E-state index in [0.717, 1.165) is 23.8 Å². The summed E-state index contributed by atoms with van der Waals surface area (Å²) in [7, 11) is 0. The van der Waals surface area contributed by atoms with Gasteiger partial charge < -0.3 is 26.2 Å². The average molecular weight is 439 g/mol. The number of halogens is 3.